The van der Waals surface area contributed by atoms with Crippen LogP contribution in [0.1, 0.15) is 31.1 Å². The maximum absolute atomic E-state index is 12.4. The molecule has 0 unspecified atom stereocenters. The molecule has 2 aliphatic rings. The molecule has 2 aliphatic heterocycles. The molecule has 25 heavy (non-hydrogen) atoms. The van der Waals surface area contributed by atoms with Crippen LogP contribution in [-0.2, 0) is 16.1 Å². The molecule has 0 bridgehead atoms. The number of β-amino-alcohol motifs (C(OH)–C–C–N with tert-alkyl or cyclic N) is 1. The van der Waals surface area contributed by atoms with Gasteiger partial charge in [-0.25, -0.2) is 0 Å². The molecule has 3 heterocycles. The molecule has 2 fully saturated rings. The van der Waals surface area contributed by atoms with Crippen LogP contribution in [0.15, 0.2) is 17.5 Å². The highest BCUT2D eigenvalue weighted by Crippen LogP contribution is 2.21. The number of aliphatic hydroxyl groups is 1. The predicted molar refractivity (Wildman–Crippen MR) is 97.1 cm³/mol. The van der Waals surface area contributed by atoms with Gasteiger partial charge in [0.25, 0.3) is 0 Å². The van der Waals surface area contributed by atoms with E-state index in [0.717, 1.165) is 32.5 Å². The van der Waals surface area contributed by atoms with Crippen molar-refractivity contribution in [1.82, 2.24) is 15.1 Å². The van der Waals surface area contributed by atoms with Crippen molar-refractivity contribution >= 4 is 23.2 Å². The topological polar surface area (TPSA) is 72.9 Å². The Morgan fingerprint density at radius 2 is 2.12 bits per heavy atom. The zero-order valence-corrected chi connectivity index (χ0v) is 15.5. The van der Waals surface area contributed by atoms with Gasteiger partial charge in [0.15, 0.2) is 0 Å². The Morgan fingerprint density at radius 3 is 2.76 bits per heavy atom. The van der Waals surface area contributed by atoms with Gasteiger partial charge in [0.2, 0.25) is 11.8 Å². The number of aliphatic hydroxyl groups excluding tert-OH is 1. The summed E-state index contributed by atoms with van der Waals surface area (Å²) < 4.78 is 0. The molecule has 0 saturated carbocycles. The molecule has 0 aliphatic carbocycles. The van der Waals surface area contributed by atoms with Gasteiger partial charge in [-0.2, -0.15) is 0 Å². The molecular formula is C18H27N3O3S. The Morgan fingerprint density at radius 1 is 1.36 bits per heavy atom. The van der Waals surface area contributed by atoms with Gasteiger partial charge < -0.3 is 15.3 Å². The van der Waals surface area contributed by atoms with Crippen molar-refractivity contribution in [2.75, 3.05) is 26.2 Å². The lowest BCUT2D eigenvalue weighted by Gasteiger charge is -2.32. The quantitative estimate of drug-likeness (QED) is 0.818. The van der Waals surface area contributed by atoms with Crippen LogP contribution in [0.3, 0.4) is 0 Å². The summed E-state index contributed by atoms with van der Waals surface area (Å²) in [5, 5.41) is 14.9. The van der Waals surface area contributed by atoms with Gasteiger partial charge in [0.05, 0.1) is 6.10 Å². The number of carbonyl (C=O) groups excluding carboxylic acids is 2. The molecule has 3 rings (SSSR count). The van der Waals surface area contributed by atoms with Gasteiger partial charge in [-0.3, -0.25) is 14.5 Å². The fourth-order valence-electron chi connectivity index (χ4n) is 3.74. The van der Waals surface area contributed by atoms with E-state index in [2.05, 4.69) is 27.7 Å². The fourth-order valence-corrected chi connectivity index (χ4v) is 4.49. The first-order chi connectivity index (χ1) is 12.0. The largest absolute Gasteiger partial charge is 0.391 e. The number of hydrogen-bond acceptors (Lipinski definition) is 5. The first-order valence-electron chi connectivity index (χ1n) is 9.00. The maximum Gasteiger partial charge on any atom is 0.242 e. The molecule has 7 heteroatoms. The standard InChI is InChI=1S/C18H27N3O3S/c1-13(22)21-11-15(23)9-17(21)18(24)19-10-14-4-6-20(7-5-14)12-16-3-2-8-25-16/h2-3,8,14-15,17,23H,4-7,9-12H2,1H3,(H,19,24)/t15-,17+/m0/s1. The SMILES string of the molecule is CC(=O)N1C[C@@H](O)C[C@@H]1C(=O)NCC1CCN(Cc2cccs2)CC1. The van der Waals surface area contributed by atoms with Crippen molar-refractivity contribution in [2.24, 2.45) is 5.92 Å². The van der Waals surface area contributed by atoms with Gasteiger partial charge in [0, 0.05) is 37.9 Å². The van der Waals surface area contributed by atoms with Crippen molar-refractivity contribution in [3.63, 3.8) is 0 Å². The average Bonchev–Trinajstić information content (AvgIpc) is 3.23. The number of nitrogens with one attached hydrogen (secondary N) is 1. The van der Waals surface area contributed by atoms with Crippen LogP contribution in [0, 0.1) is 5.92 Å². The molecule has 0 radical (unpaired) electrons. The van der Waals surface area contributed by atoms with Crippen molar-refractivity contribution in [3.8, 4) is 0 Å². The zero-order valence-electron chi connectivity index (χ0n) is 14.7. The van der Waals surface area contributed by atoms with Gasteiger partial charge >= 0.3 is 0 Å². The van der Waals surface area contributed by atoms with Gasteiger partial charge in [-0.15, -0.1) is 11.3 Å². The van der Waals surface area contributed by atoms with Gasteiger partial charge in [-0.05, 0) is 43.3 Å². The third-order valence-electron chi connectivity index (χ3n) is 5.22. The van der Waals surface area contributed by atoms with E-state index in [4.69, 9.17) is 0 Å². The number of rotatable bonds is 5. The molecule has 2 amide bonds. The summed E-state index contributed by atoms with van der Waals surface area (Å²) in [6, 6.07) is 3.74. The molecule has 2 atom stereocenters. The van der Waals surface area contributed by atoms with Crippen molar-refractivity contribution in [2.45, 2.75) is 44.9 Å². The lowest BCUT2D eigenvalue weighted by atomic mass is 9.96. The summed E-state index contributed by atoms with van der Waals surface area (Å²) >= 11 is 1.80. The first-order valence-corrected chi connectivity index (χ1v) is 9.88. The predicted octanol–water partition coefficient (Wildman–Crippen LogP) is 1.06. The molecule has 1 aromatic heterocycles. The van der Waals surface area contributed by atoms with E-state index in [0.29, 0.717) is 18.9 Å². The van der Waals surface area contributed by atoms with Gasteiger partial charge in [-0.1, -0.05) is 6.07 Å². The van der Waals surface area contributed by atoms with E-state index in [1.54, 1.807) is 11.3 Å². The Balaban J connectivity index is 1.40. The molecule has 138 valence electrons. The fraction of sp³-hybridized carbons (Fsp3) is 0.667. The van der Waals surface area contributed by atoms with Crippen LogP contribution in [0.25, 0.3) is 0 Å². The Kier molecular flexibility index (Phi) is 6.09. The van der Waals surface area contributed by atoms with Crippen LogP contribution in [0.2, 0.25) is 0 Å². The minimum absolute atomic E-state index is 0.132. The highest BCUT2D eigenvalue weighted by atomic mass is 32.1. The lowest BCUT2D eigenvalue weighted by Crippen LogP contribution is -2.47. The number of hydrogen-bond donors (Lipinski definition) is 2. The van der Waals surface area contributed by atoms with Crippen LogP contribution in [0.4, 0.5) is 0 Å². The van der Waals surface area contributed by atoms with E-state index >= 15 is 0 Å². The maximum atomic E-state index is 12.4. The average molecular weight is 365 g/mol. The number of likely N-dealkylation sites (tertiary alicyclic amines) is 2. The highest BCUT2D eigenvalue weighted by Gasteiger charge is 2.37. The first kappa shape index (κ1) is 18.4. The number of piperidine rings is 1. The highest BCUT2D eigenvalue weighted by molar-refractivity contribution is 7.09. The Labute approximate surface area is 152 Å². The smallest absolute Gasteiger partial charge is 0.242 e. The molecule has 0 spiro atoms. The van der Waals surface area contributed by atoms with Crippen molar-refractivity contribution in [3.05, 3.63) is 22.4 Å². The molecular weight excluding hydrogens is 338 g/mol. The summed E-state index contributed by atoms with van der Waals surface area (Å²) in [6.07, 6.45) is 1.90. The third kappa shape index (κ3) is 4.80. The molecule has 0 aromatic carbocycles. The second-order valence-electron chi connectivity index (χ2n) is 7.12. The second kappa shape index (κ2) is 8.29. The van der Waals surface area contributed by atoms with E-state index in [9.17, 15) is 14.7 Å². The van der Waals surface area contributed by atoms with E-state index < -0.39 is 12.1 Å². The molecule has 2 N–H and O–H groups in total. The minimum Gasteiger partial charge on any atom is -0.391 e. The molecule has 2 saturated heterocycles. The van der Waals surface area contributed by atoms with Crippen LogP contribution < -0.4 is 5.32 Å². The number of carbonyl (C=O) groups is 2. The minimum atomic E-state index is -0.597. The summed E-state index contributed by atoms with van der Waals surface area (Å²) in [5.74, 6) is 0.201. The number of nitrogens with zero attached hydrogens (tertiary/aromatic N) is 2. The zero-order chi connectivity index (χ0) is 17.8. The Bertz CT molecular complexity index is 584. The summed E-state index contributed by atoms with van der Waals surface area (Å²) in [4.78, 5) is 29.4. The number of amides is 2. The summed E-state index contributed by atoms with van der Waals surface area (Å²) in [7, 11) is 0. The van der Waals surface area contributed by atoms with Crippen LogP contribution >= 0.6 is 11.3 Å². The van der Waals surface area contributed by atoms with Crippen molar-refractivity contribution in [1.29, 1.82) is 0 Å². The normalized spacial score (nSPS) is 25.3. The van der Waals surface area contributed by atoms with E-state index in [1.165, 1.54) is 16.7 Å². The summed E-state index contributed by atoms with van der Waals surface area (Å²) in [5.41, 5.74) is 0. The molecule has 6 nitrogen and oxygen atoms in total. The van der Waals surface area contributed by atoms with E-state index in [-0.39, 0.29) is 18.4 Å². The Hall–Kier alpha value is -1.44. The monoisotopic (exact) mass is 365 g/mol. The lowest BCUT2D eigenvalue weighted by molar-refractivity contribution is -0.137. The third-order valence-corrected chi connectivity index (χ3v) is 6.08. The van der Waals surface area contributed by atoms with Crippen LogP contribution in [-0.4, -0.2) is 65.0 Å². The van der Waals surface area contributed by atoms with E-state index in [1.807, 2.05) is 0 Å². The number of thiophene rings is 1. The summed E-state index contributed by atoms with van der Waals surface area (Å²) in [6.45, 7) is 5.49. The van der Waals surface area contributed by atoms with Crippen molar-refractivity contribution < 1.29 is 14.7 Å². The second-order valence-corrected chi connectivity index (χ2v) is 8.15. The van der Waals surface area contributed by atoms with Crippen LogP contribution in [0.5, 0.6) is 0 Å². The van der Waals surface area contributed by atoms with Gasteiger partial charge in [0.1, 0.15) is 6.04 Å². The molecule has 1 aromatic rings.